The van der Waals surface area contributed by atoms with E-state index in [-0.39, 0.29) is 29.9 Å². The Morgan fingerprint density at radius 1 is 1.26 bits per heavy atom. The highest BCUT2D eigenvalue weighted by Gasteiger charge is 2.67. The first-order valence-electron chi connectivity index (χ1n) is 9.67. The minimum atomic E-state index is -0.978. The van der Waals surface area contributed by atoms with E-state index < -0.39 is 12.0 Å². The van der Waals surface area contributed by atoms with Crippen molar-refractivity contribution in [3.05, 3.63) is 30.3 Å². The van der Waals surface area contributed by atoms with Crippen LogP contribution in [0.5, 0.6) is 0 Å². The molecule has 4 unspecified atom stereocenters. The van der Waals surface area contributed by atoms with Gasteiger partial charge in [0.2, 0.25) is 0 Å². The summed E-state index contributed by atoms with van der Waals surface area (Å²) in [5, 5.41) is 18.6. The lowest BCUT2D eigenvalue weighted by Gasteiger charge is -2.63. The number of benzene rings is 1. The molecule has 0 bridgehead atoms. The van der Waals surface area contributed by atoms with E-state index in [2.05, 4.69) is 10.4 Å². The van der Waals surface area contributed by atoms with Crippen molar-refractivity contribution >= 4 is 23.3 Å². The fourth-order valence-electron chi connectivity index (χ4n) is 5.34. The Bertz CT molecular complexity index is 805. The van der Waals surface area contributed by atoms with Gasteiger partial charge in [0, 0.05) is 30.4 Å². The number of fused-ring (bicyclic) bond motifs is 2. The molecule has 5 rings (SSSR count). The highest BCUT2D eigenvalue weighted by atomic mass is 16.5. The number of carboxylic acids is 1. The number of rotatable bonds is 4. The van der Waals surface area contributed by atoms with Crippen LogP contribution in [-0.4, -0.2) is 47.5 Å². The first-order chi connectivity index (χ1) is 13.1. The monoisotopic (exact) mass is 369 g/mol. The zero-order chi connectivity index (χ0) is 18.6. The molecule has 142 valence electrons. The summed E-state index contributed by atoms with van der Waals surface area (Å²) in [7, 11) is 0. The van der Waals surface area contributed by atoms with Gasteiger partial charge in [-0.15, -0.1) is 0 Å². The number of nitrogens with one attached hydrogen (secondary N) is 1. The van der Waals surface area contributed by atoms with Crippen LogP contribution in [0.3, 0.4) is 0 Å². The maximum atomic E-state index is 12.9. The maximum Gasteiger partial charge on any atom is 0.328 e. The van der Waals surface area contributed by atoms with Crippen LogP contribution in [0, 0.1) is 11.3 Å². The van der Waals surface area contributed by atoms with Crippen LogP contribution < -0.4 is 10.3 Å². The second kappa shape index (κ2) is 6.05. The molecular weight excluding hydrogens is 346 g/mol. The predicted molar refractivity (Wildman–Crippen MR) is 98.5 cm³/mol. The summed E-state index contributed by atoms with van der Waals surface area (Å²) >= 11 is 0. The van der Waals surface area contributed by atoms with Gasteiger partial charge in [0.05, 0.1) is 11.8 Å². The Morgan fingerprint density at radius 3 is 2.70 bits per heavy atom. The van der Waals surface area contributed by atoms with Crippen LogP contribution in [0.25, 0.3) is 0 Å². The Morgan fingerprint density at radius 2 is 2.04 bits per heavy atom. The second-order valence-corrected chi connectivity index (χ2v) is 8.07. The third-order valence-corrected chi connectivity index (χ3v) is 6.80. The fraction of sp³-hybridized carbons (Fsp3) is 0.550. The molecule has 1 saturated heterocycles. The topological polar surface area (TPSA) is 91.2 Å². The summed E-state index contributed by atoms with van der Waals surface area (Å²) in [5.41, 5.74) is 1.07. The summed E-state index contributed by atoms with van der Waals surface area (Å²) in [4.78, 5) is 24.6. The third-order valence-electron chi connectivity index (χ3n) is 6.80. The number of hydrazone groups is 1. The lowest BCUT2D eigenvalue weighted by molar-refractivity contribution is -0.177. The van der Waals surface area contributed by atoms with Crippen molar-refractivity contribution in [1.82, 2.24) is 5.32 Å². The molecule has 4 atom stereocenters. The molecule has 2 heterocycles. The van der Waals surface area contributed by atoms with Crippen LogP contribution in [0.1, 0.15) is 32.1 Å². The number of carbonyl (C=O) groups is 2. The standard InChI is InChI=1S/C20H23N3O4/c24-18(21-16-13-7-10-27-17(13)20(16)8-4-9-20)14-11-15(19(25)26)23(22-14)12-5-2-1-3-6-12/h1-3,5-6,13,15-17H,4,7-11H2,(H,21,24)(H,25,26). The summed E-state index contributed by atoms with van der Waals surface area (Å²) in [6, 6.07) is 8.40. The molecule has 4 aliphatic rings. The van der Waals surface area contributed by atoms with Gasteiger partial charge in [0.25, 0.3) is 5.91 Å². The third kappa shape index (κ3) is 2.41. The number of hydrogen-bond acceptors (Lipinski definition) is 5. The molecule has 1 amide bonds. The lowest BCUT2D eigenvalue weighted by atomic mass is 9.46. The van der Waals surface area contributed by atoms with Crippen molar-refractivity contribution < 1.29 is 19.4 Å². The molecule has 7 nitrogen and oxygen atoms in total. The van der Waals surface area contributed by atoms with E-state index in [0.29, 0.717) is 17.3 Å². The SMILES string of the molecule is O=C(NC1C2CCOC2C12CCC2)C1=NN(c2ccccc2)C(C(=O)O)C1. The van der Waals surface area contributed by atoms with Crippen LogP contribution in [0.4, 0.5) is 5.69 Å². The molecule has 2 aliphatic carbocycles. The quantitative estimate of drug-likeness (QED) is 0.844. The molecule has 0 aromatic heterocycles. The van der Waals surface area contributed by atoms with Crippen molar-refractivity contribution in [3.63, 3.8) is 0 Å². The van der Waals surface area contributed by atoms with Crippen LogP contribution in [0.2, 0.25) is 0 Å². The molecule has 27 heavy (non-hydrogen) atoms. The van der Waals surface area contributed by atoms with Gasteiger partial charge in [-0.2, -0.15) is 5.10 Å². The fourth-order valence-corrected chi connectivity index (χ4v) is 5.34. The number of ether oxygens (including phenoxy) is 1. The van der Waals surface area contributed by atoms with Gasteiger partial charge in [-0.3, -0.25) is 9.80 Å². The van der Waals surface area contributed by atoms with E-state index in [9.17, 15) is 14.7 Å². The minimum absolute atomic E-state index is 0.0985. The summed E-state index contributed by atoms with van der Waals surface area (Å²) in [5.74, 6) is -0.827. The van der Waals surface area contributed by atoms with Gasteiger partial charge >= 0.3 is 5.97 Å². The van der Waals surface area contributed by atoms with Crippen molar-refractivity contribution in [2.45, 2.75) is 50.3 Å². The van der Waals surface area contributed by atoms with Crippen molar-refractivity contribution in [2.75, 3.05) is 11.6 Å². The number of anilines is 1. The van der Waals surface area contributed by atoms with Crippen LogP contribution in [-0.2, 0) is 14.3 Å². The summed E-state index contributed by atoms with van der Waals surface area (Å²) in [6.07, 6.45) is 4.76. The number of carboxylic acid groups (broad SMARTS) is 1. The molecule has 1 aromatic rings. The van der Waals surface area contributed by atoms with E-state index in [1.165, 1.54) is 11.4 Å². The molecule has 1 spiro atoms. The Balaban J connectivity index is 1.35. The minimum Gasteiger partial charge on any atom is -0.480 e. The zero-order valence-electron chi connectivity index (χ0n) is 15.0. The number of amides is 1. The smallest absolute Gasteiger partial charge is 0.328 e. The summed E-state index contributed by atoms with van der Waals surface area (Å²) < 4.78 is 5.90. The number of carbonyl (C=O) groups excluding carboxylic acids is 1. The average molecular weight is 369 g/mol. The average Bonchev–Trinajstić information content (AvgIpc) is 3.25. The molecule has 1 aromatic carbocycles. The molecular formula is C20H23N3O4. The zero-order valence-corrected chi connectivity index (χ0v) is 15.0. The van der Waals surface area contributed by atoms with Crippen molar-refractivity contribution in [1.29, 1.82) is 0 Å². The molecule has 7 heteroatoms. The van der Waals surface area contributed by atoms with Gasteiger partial charge in [0.15, 0.2) is 6.04 Å². The van der Waals surface area contributed by atoms with Crippen LogP contribution >= 0.6 is 0 Å². The predicted octanol–water partition coefficient (Wildman–Crippen LogP) is 1.78. The first kappa shape index (κ1) is 16.7. The highest BCUT2D eigenvalue weighted by molar-refractivity contribution is 6.40. The van der Waals surface area contributed by atoms with Crippen LogP contribution in [0.15, 0.2) is 35.4 Å². The molecule has 0 radical (unpaired) electrons. The van der Waals surface area contributed by atoms with E-state index in [1.807, 2.05) is 18.2 Å². The maximum absolute atomic E-state index is 12.9. The molecule has 2 N–H and O–H groups in total. The van der Waals surface area contributed by atoms with Gasteiger partial charge < -0.3 is 15.2 Å². The van der Waals surface area contributed by atoms with Gasteiger partial charge in [-0.1, -0.05) is 24.6 Å². The van der Waals surface area contributed by atoms with Gasteiger partial charge in [-0.05, 0) is 31.4 Å². The van der Waals surface area contributed by atoms with Crippen molar-refractivity contribution in [2.24, 2.45) is 16.4 Å². The normalized spacial score (nSPS) is 33.0. The Hall–Kier alpha value is -2.41. The largest absolute Gasteiger partial charge is 0.480 e. The number of para-hydroxylation sites is 1. The lowest BCUT2D eigenvalue weighted by Crippen LogP contribution is -2.72. The van der Waals surface area contributed by atoms with E-state index in [4.69, 9.17) is 4.74 Å². The number of aliphatic carboxylic acids is 1. The highest BCUT2D eigenvalue weighted by Crippen LogP contribution is 2.62. The van der Waals surface area contributed by atoms with Gasteiger partial charge in [-0.25, -0.2) is 4.79 Å². The van der Waals surface area contributed by atoms with Gasteiger partial charge in [0.1, 0.15) is 5.71 Å². The molecule has 2 aliphatic heterocycles. The van der Waals surface area contributed by atoms with E-state index in [1.54, 1.807) is 12.1 Å². The first-order valence-corrected chi connectivity index (χ1v) is 9.67. The Labute approximate surface area is 157 Å². The number of hydrogen-bond donors (Lipinski definition) is 2. The summed E-state index contributed by atoms with van der Waals surface area (Å²) in [6.45, 7) is 0.771. The molecule has 3 fully saturated rings. The van der Waals surface area contributed by atoms with E-state index >= 15 is 0 Å². The molecule has 2 saturated carbocycles. The number of nitrogens with zero attached hydrogens (tertiary/aromatic N) is 2. The Kier molecular flexibility index (Phi) is 3.75. The second-order valence-electron chi connectivity index (χ2n) is 8.07. The van der Waals surface area contributed by atoms with Crippen molar-refractivity contribution in [3.8, 4) is 0 Å². The van der Waals surface area contributed by atoms with E-state index in [0.717, 1.165) is 25.9 Å².